The van der Waals surface area contributed by atoms with Gasteiger partial charge in [-0.3, -0.25) is 4.99 Å². The number of aromatic nitrogens is 2. The first-order chi connectivity index (χ1) is 14.3. The minimum Gasteiger partial charge on any atom is -0.456 e. The molecule has 1 aliphatic rings. The summed E-state index contributed by atoms with van der Waals surface area (Å²) in [4.78, 5) is 12.5. The summed E-state index contributed by atoms with van der Waals surface area (Å²) in [5, 5.41) is 4.40. The van der Waals surface area contributed by atoms with Crippen LogP contribution in [0.3, 0.4) is 0 Å². The lowest BCUT2D eigenvalue weighted by Crippen LogP contribution is -2.19. The number of aromatic amines is 1. The molecule has 0 saturated carbocycles. The number of para-hydroxylation sites is 2. The van der Waals surface area contributed by atoms with Crippen LogP contribution in [0.4, 0.5) is 0 Å². The minimum absolute atomic E-state index is 0.835. The van der Waals surface area contributed by atoms with Gasteiger partial charge in [0.05, 0.1) is 17.6 Å². The summed E-state index contributed by atoms with van der Waals surface area (Å²) in [6.07, 6.45) is 0. The number of nitrogens with one attached hydrogen (secondary N) is 2. The summed E-state index contributed by atoms with van der Waals surface area (Å²) in [7, 11) is 0. The van der Waals surface area contributed by atoms with Crippen LogP contribution in [0.25, 0.3) is 44.7 Å². The van der Waals surface area contributed by atoms with Gasteiger partial charge in [0.15, 0.2) is 0 Å². The number of H-pyrrole nitrogens is 1. The molecule has 140 valence electrons. The third kappa shape index (κ3) is 2.79. The lowest BCUT2D eigenvalue weighted by atomic mass is 10.1. The van der Waals surface area contributed by atoms with Crippen LogP contribution in [0.15, 0.2) is 82.2 Å². The molecule has 0 fully saturated rings. The SMILES string of the molecule is c1ccc2[nH]c(-c3ccc(-c4cc5cc(C6=NCCN6)ccc5o4)cc3)nc2c1. The fourth-order valence-electron chi connectivity index (χ4n) is 3.81. The van der Waals surface area contributed by atoms with Crippen molar-refractivity contribution in [3.8, 4) is 22.7 Å². The number of hydrogen-bond donors (Lipinski definition) is 2. The predicted octanol–water partition coefficient (Wildman–Crippen LogP) is 4.99. The lowest BCUT2D eigenvalue weighted by Gasteiger charge is -2.01. The van der Waals surface area contributed by atoms with E-state index in [1.54, 1.807) is 0 Å². The number of benzene rings is 3. The van der Waals surface area contributed by atoms with Gasteiger partial charge in [-0.05, 0) is 36.4 Å². The van der Waals surface area contributed by atoms with Gasteiger partial charge in [0.1, 0.15) is 23.0 Å². The van der Waals surface area contributed by atoms with Gasteiger partial charge in [0.2, 0.25) is 0 Å². The summed E-state index contributed by atoms with van der Waals surface area (Å²) in [6, 6.07) is 24.6. The highest BCUT2D eigenvalue weighted by atomic mass is 16.3. The highest BCUT2D eigenvalue weighted by Gasteiger charge is 2.12. The average molecular weight is 378 g/mol. The molecule has 6 rings (SSSR count). The zero-order valence-electron chi connectivity index (χ0n) is 15.6. The molecule has 0 amide bonds. The number of furan rings is 1. The van der Waals surface area contributed by atoms with Gasteiger partial charge in [-0.2, -0.15) is 0 Å². The van der Waals surface area contributed by atoms with Crippen molar-refractivity contribution in [2.45, 2.75) is 0 Å². The molecule has 29 heavy (non-hydrogen) atoms. The van der Waals surface area contributed by atoms with E-state index in [0.717, 1.165) is 69.2 Å². The molecule has 2 N–H and O–H groups in total. The van der Waals surface area contributed by atoms with Gasteiger partial charge in [-0.25, -0.2) is 4.98 Å². The molecule has 0 bridgehead atoms. The van der Waals surface area contributed by atoms with Crippen LogP contribution < -0.4 is 5.32 Å². The van der Waals surface area contributed by atoms with Crippen molar-refractivity contribution in [1.82, 2.24) is 15.3 Å². The smallest absolute Gasteiger partial charge is 0.138 e. The Hall–Kier alpha value is -3.86. The Bertz CT molecular complexity index is 1340. The minimum atomic E-state index is 0.835. The molecule has 0 spiro atoms. The first-order valence-electron chi connectivity index (χ1n) is 9.71. The standard InChI is InChI=1S/C24H18N4O/c1-2-4-20-19(3-1)27-24(28-20)16-7-5-15(6-8-16)22-14-18-13-17(9-10-21(18)29-22)23-25-11-12-26-23/h1-10,13-14H,11-12H2,(H,25,26)(H,27,28). The maximum absolute atomic E-state index is 6.08. The molecule has 0 atom stereocenters. The van der Waals surface area contributed by atoms with Crippen molar-refractivity contribution in [3.05, 3.63) is 78.4 Å². The maximum atomic E-state index is 6.08. The molecule has 5 nitrogen and oxygen atoms in total. The fraction of sp³-hybridized carbons (Fsp3) is 0.0833. The van der Waals surface area contributed by atoms with Crippen molar-refractivity contribution in [2.24, 2.45) is 4.99 Å². The van der Waals surface area contributed by atoms with Gasteiger partial charge in [0, 0.05) is 28.6 Å². The van der Waals surface area contributed by atoms with Crippen molar-refractivity contribution in [1.29, 1.82) is 0 Å². The first kappa shape index (κ1) is 16.1. The Labute approximate surface area is 167 Å². The van der Waals surface area contributed by atoms with E-state index in [4.69, 9.17) is 4.42 Å². The fourth-order valence-corrected chi connectivity index (χ4v) is 3.81. The number of nitrogens with zero attached hydrogens (tertiary/aromatic N) is 2. The van der Waals surface area contributed by atoms with Gasteiger partial charge in [-0.1, -0.05) is 36.4 Å². The van der Waals surface area contributed by atoms with Crippen LogP contribution in [-0.4, -0.2) is 28.9 Å². The van der Waals surface area contributed by atoms with Crippen LogP contribution in [-0.2, 0) is 0 Å². The second-order valence-corrected chi connectivity index (χ2v) is 7.20. The number of hydrogen-bond acceptors (Lipinski definition) is 4. The molecule has 0 saturated heterocycles. The van der Waals surface area contributed by atoms with Crippen molar-refractivity contribution >= 4 is 27.8 Å². The zero-order chi connectivity index (χ0) is 19.2. The largest absolute Gasteiger partial charge is 0.456 e. The van der Waals surface area contributed by atoms with E-state index in [2.05, 4.69) is 62.7 Å². The van der Waals surface area contributed by atoms with Gasteiger partial charge in [0.25, 0.3) is 0 Å². The Morgan fingerprint density at radius 2 is 1.66 bits per heavy atom. The molecule has 5 heteroatoms. The number of aliphatic imine (C=N–C) groups is 1. The van der Waals surface area contributed by atoms with Gasteiger partial charge in [-0.15, -0.1) is 0 Å². The van der Waals surface area contributed by atoms with E-state index in [1.165, 1.54) is 0 Å². The molecular formula is C24H18N4O. The Balaban J connectivity index is 1.33. The topological polar surface area (TPSA) is 66.2 Å². The van der Waals surface area contributed by atoms with Gasteiger partial charge >= 0.3 is 0 Å². The second kappa shape index (κ2) is 6.34. The van der Waals surface area contributed by atoms with Crippen molar-refractivity contribution in [2.75, 3.05) is 13.1 Å². The highest BCUT2D eigenvalue weighted by molar-refractivity contribution is 6.02. The Kier molecular flexibility index (Phi) is 3.53. The van der Waals surface area contributed by atoms with Crippen LogP contribution >= 0.6 is 0 Å². The molecule has 5 aromatic rings. The average Bonchev–Trinajstić information content (AvgIpc) is 3.52. The number of rotatable bonds is 3. The Morgan fingerprint density at radius 3 is 2.48 bits per heavy atom. The van der Waals surface area contributed by atoms with E-state index in [1.807, 2.05) is 30.3 Å². The van der Waals surface area contributed by atoms with E-state index in [9.17, 15) is 0 Å². The maximum Gasteiger partial charge on any atom is 0.138 e. The van der Waals surface area contributed by atoms with Crippen LogP contribution in [0.2, 0.25) is 0 Å². The predicted molar refractivity (Wildman–Crippen MR) is 116 cm³/mol. The number of amidine groups is 1. The van der Waals surface area contributed by atoms with E-state index < -0.39 is 0 Å². The van der Waals surface area contributed by atoms with E-state index >= 15 is 0 Å². The normalized spacial score (nSPS) is 13.7. The monoisotopic (exact) mass is 378 g/mol. The highest BCUT2D eigenvalue weighted by Crippen LogP contribution is 2.30. The summed E-state index contributed by atoms with van der Waals surface area (Å²) >= 11 is 0. The lowest BCUT2D eigenvalue weighted by molar-refractivity contribution is 0.631. The van der Waals surface area contributed by atoms with Crippen LogP contribution in [0, 0.1) is 0 Å². The van der Waals surface area contributed by atoms with Crippen molar-refractivity contribution < 1.29 is 4.42 Å². The zero-order valence-corrected chi connectivity index (χ0v) is 15.6. The molecular weight excluding hydrogens is 360 g/mol. The van der Waals surface area contributed by atoms with Gasteiger partial charge < -0.3 is 14.7 Å². The third-order valence-electron chi connectivity index (χ3n) is 5.30. The summed E-state index contributed by atoms with van der Waals surface area (Å²) < 4.78 is 6.08. The number of fused-ring (bicyclic) bond motifs is 2. The molecule has 3 heterocycles. The second-order valence-electron chi connectivity index (χ2n) is 7.20. The quantitative estimate of drug-likeness (QED) is 0.465. The molecule has 0 radical (unpaired) electrons. The summed E-state index contributed by atoms with van der Waals surface area (Å²) in [6.45, 7) is 1.74. The van der Waals surface area contributed by atoms with E-state index in [-0.39, 0.29) is 0 Å². The Morgan fingerprint density at radius 1 is 0.828 bits per heavy atom. The van der Waals surface area contributed by atoms with Crippen molar-refractivity contribution in [3.63, 3.8) is 0 Å². The third-order valence-corrected chi connectivity index (χ3v) is 5.30. The molecule has 0 aliphatic carbocycles. The summed E-state index contributed by atoms with van der Waals surface area (Å²) in [5.41, 5.74) is 6.08. The molecule has 0 unspecified atom stereocenters. The number of imidazole rings is 1. The molecule has 1 aliphatic heterocycles. The summed E-state index contributed by atoms with van der Waals surface area (Å²) in [5.74, 6) is 2.69. The van der Waals surface area contributed by atoms with Crippen LogP contribution in [0.1, 0.15) is 5.56 Å². The van der Waals surface area contributed by atoms with Crippen LogP contribution in [0.5, 0.6) is 0 Å². The first-order valence-corrected chi connectivity index (χ1v) is 9.71. The molecule has 2 aromatic heterocycles. The van der Waals surface area contributed by atoms with E-state index in [0.29, 0.717) is 0 Å². The molecule has 3 aromatic carbocycles.